The zero-order valence-electron chi connectivity index (χ0n) is 8.84. The van der Waals surface area contributed by atoms with Crippen LogP contribution in [0.25, 0.3) is 5.65 Å². The lowest BCUT2D eigenvalue weighted by Gasteiger charge is -1.97. The van der Waals surface area contributed by atoms with Crippen molar-refractivity contribution in [3.8, 4) is 0 Å². The summed E-state index contributed by atoms with van der Waals surface area (Å²) in [5.74, 6) is -0.375. The van der Waals surface area contributed by atoms with E-state index in [-0.39, 0.29) is 18.2 Å². The molecule has 0 spiro atoms. The Bertz CT molecular complexity index is 570. The SMILES string of the molecule is CCOC(=O)C[n+]1[nH]c(=O)n2ccccc21. The summed E-state index contributed by atoms with van der Waals surface area (Å²) in [6.07, 6.45) is 1.63. The van der Waals surface area contributed by atoms with Gasteiger partial charge in [-0.25, -0.2) is 9.59 Å². The molecule has 1 N–H and O–H groups in total. The van der Waals surface area contributed by atoms with Crippen molar-refractivity contribution >= 4 is 11.6 Å². The van der Waals surface area contributed by atoms with E-state index in [1.54, 1.807) is 31.3 Å². The molecule has 6 nitrogen and oxygen atoms in total. The van der Waals surface area contributed by atoms with Crippen LogP contribution >= 0.6 is 0 Å². The zero-order valence-corrected chi connectivity index (χ0v) is 8.84. The molecule has 0 aromatic carbocycles. The zero-order chi connectivity index (χ0) is 11.5. The number of hydrogen-bond acceptors (Lipinski definition) is 3. The highest BCUT2D eigenvalue weighted by Gasteiger charge is 2.16. The highest BCUT2D eigenvalue weighted by Crippen LogP contribution is 1.91. The van der Waals surface area contributed by atoms with Crippen molar-refractivity contribution in [2.24, 2.45) is 0 Å². The first-order chi connectivity index (χ1) is 7.72. The van der Waals surface area contributed by atoms with Crippen LogP contribution in [-0.4, -0.2) is 22.1 Å². The van der Waals surface area contributed by atoms with Gasteiger partial charge in [-0.1, -0.05) is 6.07 Å². The van der Waals surface area contributed by atoms with E-state index >= 15 is 0 Å². The minimum absolute atomic E-state index is 0.00356. The van der Waals surface area contributed by atoms with E-state index in [2.05, 4.69) is 5.10 Å². The molecule has 0 aliphatic rings. The number of rotatable bonds is 3. The Labute approximate surface area is 91.1 Å². The second-order valence-corrected chi connectivity index (χ2v) is 3.24. The van der Waals surface area contributed by atoms with Gasteiger partial charge in [-0.05, 0) is 13.0 Å². The molecule has 0 fully saturated rings. The van der Waals surface area contributed by atoms with E-state index in [1.807, 2.05) is 0 Å². The van der Waals surface area contributed by atoms with Gasteiger partial charge in [0.2, 0.25) is 6.54 Å². The number of ether oxygens (including phenoxy) is 1. The van der Waals surface area contributed by atoms with Crippen LogP contribution in [0.4, 0.5) is 0 Å². The van der Waals surface area contributed by atoms with Crippen molar-refractivity contribution in [2.45, 2.75) is 13.5 Å². The summed E-state index contributed by atoms with van der Waals surface area (Å²) in [7, 11) is 0. The number of nitrogens with zero attached hydrogens (tertiary/aromatic N) is 2. The van der Waals surface area contributed by atoms with Crippen molar-refractivity contribution < 1.29 is 14.2 Å². The number of carbonyl (C=O) groups excluding carboxylic acids is 1. The second-order valence-electron chi connectivity index (χ2n) is 3.24. The number of hydrogen-bond donors (Lipinski definition) is 1. The van der Waals surface area contributed by atoms with E-state index < -0.39 is 0 Å². The third-order valence-corrected chi connectivity index (χ3v) is 2.16. The van der Waals surface area contributed by atoms with E-state index in [1.165, 1.54) is 9.08 Å². The predicted octanol–water partition coefficient (Wildman–Crippen LogP) is -0.522. The Morgan fingerprint density at radius 1 is 1.56 bits per heavy atom. The fraction of sp³-hybridized carbons (Fsp3) is 0.300. The number of aromatic amines is 1. The minimum Gasteiger partial charge on any atom is -0.463 e. The smallest absolute Gasteiger partial charge is 0.448 e. The largest absolute Gasteiger partial charge is 0.463 e. The van der Waals surface area contributed by atoms with E-state index in [9.17, 15) is 9.59 Å². The molecule has 2 rings (SSSR count). The summed E-state index contributed by atoms with van der Waals surface area (Å²) in [6, 6.07) is 5.29. The van der Waals surface area contributed by atoms with Crippen molar-refractivity contribution in [1.29, 1.82) is 0 Å². The molecule has 0 bridgehead atoms. The van der Waals surface area contributed by atoms with Crippen molar-refractivity contribution in [2.75, 3.05) is 6.61 Å². The van der Waals surface area contributed by atoms with Crippen LogP contribution in [-0.2, 0) is 16.1 Å². The van der Waals surface area contributed by atoms with Gasteiger partial charge in [-0.3, -0.25) is 0 Å². The fourth-order valence-corrected chi connectivity index (χ4v) is 1.51. The maximum Gasteiger partial charge on any atom is 0.448 e. The van der Waals surface area contributed by atoms with Gasteiger partial charge in [0, 0.05) is 6.07 Å². The third-order valence-electron chi connectivity index (χ3n) is 2.16. The van der Waals surface area contributed by atoms with Crippen LogP contribution < -0.4 is 10.4 Å². The number of H-pyrrole nitrogens is 1. The van der Waals surface area contributed by atoms with E-state index in [0.717, 1.165) is 0 Å². The average Bonchev–Trinajstić information content (AvgIpc) is 2.57. The Balaban J connectivity index is 2.38. The highest BCUT2D eigenvalue weighted by molar-refractivity contribution is 5.67. The van der Waals surface area contributed by atoms with Crippen LogP contribution in [0.1, 0.15) is 6.92 Å². The average molecular weight is 222 g/mol. The summed E-state index contributed by atoms with van der Waals surface area (Å²) in [6.45, 7) is 2.07. The Kier molecular flexibility index (Phi) is 2.72. The van der Waals surface area contributed by atoms with Gasteiger partial charge in [0.15, 0.2) is 0 Å². The summed E-state index contributed by atoms with van der Waals surface area (Å²) in [5, 5.41) is 2.57. The van der Waals surface area contributed by atoms with Crippen molar-refractivity contribution in [3.63, 3.8) is 0 Å². The molecule has 0 unspecified atom stereocenters. The number of fused-ring (bicyclic) bond motifs is 1. The molecule has 16 heavy (non-hydrogen) atoms. The molecule has 0 aliphatic heterocycles. The minimum atomic E-state index is -0.375. The van der Waals surface area contributed by atoms with Gasteiger partial charge in [-0.2, -0.15) is 5.10 Å². The molecule has 0 radical (unpaired) electrons. The lowest BCUT2D eigenvalue weighted by atomic mass is 10.5. The number of pyridine rings is 1. The van der Waals surface area contributed by atoms with E-state index in [4.69, 9.17) is 4.74 Å². The van der Waals surface area contributed by atoms with Gasteiger partial charge in [0.1, 0.15) is 6.20 Å². The number of nitrogens with one attached hydrogen (secondary N) is 1. The normalized spacial score (nSPS) is 10.6. The molecule has 2 heterocycles. The van der Waals surface area contributed by atoms with Crippen LogP contribution in [0.15, 0.2) is 29.2 Å². The van der Waals surface area contributed by atoms with Gasteiger partial charge >= 0.3 is 17.3 Å². The van der Waals surface area contributed by atoms with Gasteiger partial charge in [0.25, 0.3) is 0 Å². The first kappa shape index (κ1) is 10.4. The third kappa shape index (κ3) is 1.81. The molecule has 84 valence electrons. The van der Waals surface area contributed by atoms with Crippen LogP contribution in [0.2, 0.25) is 0 Å². The summed E-state index contributed by atoms with van der Waals surface area (Å²) in [5.41, 5.74) is 0.348. The predicted molar refractivity (Wildman–Crippen MR) is 54.8 cm³/mol. The highest BCUT2D eigenvalue weighted by atomic mass is 16.5. The molecule has 0 atom stereocenters. The molecular weight excluding hydrogens is 210 g/mol. The second kappa shape index (κ2) is 4.18. The van der Waals surface area contributed by atoms with E-state index in [0.29, 0.717) is 12.3 Å². The fourth-order valence-electron chi connectivity index (χ4n) is 1.51. The van der Waals surface area contributed by atoms with Crippen LogP contribution in [0.5, 0.6) is 0 Å². The summed E-state index contributed by atoms with van der Waals surface area (Å²) >= 11 is 0. The van der Waals surface area contributed by atoms with Crippen LogP contribution in [0.3, 0.4) is 0 Å². The Hall–Kier alpha value is -2.11. The maximum absolute atomic E-state index is 11.5. The molecule has 0 aliphatic carbocycles. The first-order valence-corrected chi connectivity index (χ1v) is 4.97. The monoisotopic (exact) mass is 222 g/mol. The molecule has 0 saturated carbocycles. The summed E-state index contributed by atoms with van der Waals surface area (Å²) in [4.78, 5) is 22.8. The Morgan fingerprint density at radius 3 is 3.12 bits per heavy atom. The molecular formula is C10H12N3O3+. The molecule has 2 aromatic heterocycles. The number of carbonyl (C=O) groups is 1. The van der Waals surface area contributed by atoms with Gasteiger partial charge < -0.3 is 4.74 Å². The standard InChI is InChI=1S/C10H11N3O3/c1-2-16-9(14)7-13-8-5-3-4-6-12(8)10(15)11-13/h3-6H,2,7H2,1H3/p+1. The quantitative estimate of drug-likeness (QED) is 0.561. The topological polar surface area (TPSA) is 67.5 Å². The molecule has 0 amide bonds. The lowest BCUT2D eigenvalue weighted by Crippen LogP contribution is -2.42. The lowest BCUT2D eigenvalue weighted by molar-refractivity contribution is -0.718. The Morgan fingerprint density at radius 2 is 2.38 bits per heavy atom. The van der Waals surface area contributed by atoms with Gasteiger partial charge in [0.05, 0.1) is 6.61 Å². The first-order valence-electron chi connectivity index (χ1n) is 4.97. The summed E-state index contributed by atoms with van der Waals surface area (Å²) < 4.78 is 7.70. The number of esters is 1. The van der Waals surface area contributed by atoms with Crippen molar-refractivity contribution in [1.82, 2.24) is 9.50 Å². The van der Waals surface area contributed by atoms with Crippen LogP contribution in [0, 0.1) is 0 Å². The maximum atomic E-state index is 11.5. The number of aromatic nitrogens is 3. The van der Waals surface area contributed by atoms with Crippen molar-refractivity contribution in [3.05, 3.63) is 34.9 Å². The molecule has 2 aromatic rings. The molecule has 6 heteroatoms. The molecule has 0 saturated heterocycles. The van der Waals surface area contributed by atoms with Gasteiger partial charge in [-0.15, -0.1) is 9.08 Å².